The summed E-state index contributed by atoms with van der Waals surface area (Å²) >= 11 is 0. The topological polar surface area (TPSA) is 24.5 Å². The average Bonchev–Trinajstić information content (AvgIpc) is 2.53. The van der Waals surface area contributed by atoms with Crippen LogP contribution in [0.5, 0.6) is 5.75 Å². The van der Waals surface area contributed by atoms with Gasteiger partial charge in [-0.2, -0.15) is 0 Å². The quantitative estimate of drug-likeness (QED) is 0.739. The number of likely N-dealkylation sites (tertiary alicyclic amines) is 1. The molecule has 1 aromatic rings. The van der Waals surface area contributed by atoms with Gasteiger partial charge in [-0.25, -0.2) is 0 Å². The number of benzene rings is 1. The summed E-state index contributed by atoms with van der Waals surface area (Å²) < 4.78 is 5.59. The van der Waals surface area contributed by atoms with Gasteiger partial charge >= 0.3 is 0 Å². The van der Waals surface area contributed by atoms with Crippen molar-refractivity contribution in [1.82, 2.24) is 10.2 Å². The molecule has 1 N–H and O–H groups in total. The molecule has 1 aromatic carbocycles. The van der Waals surface area contributed by atoms with E-state index in [4.69, 9.17) is 4.74 Å². The van der Waals surface area contributed by atoms with Gasteiger partial charge in [-0.05, 0) is 56.4 Å². The van der Waals surface area contributed by atoms with Gasteiger partial charge in [-0.15, -0.1) is 0 Å². The first-order valence-corrected chi connectivity index (χ1v) is 8.78. The highest BCUT2D eigenvalue weighted by Gasteiger charge is 2.12. The Morgan fingerprint density at radius 3 is 2.64 bits per heavy atom. The van der Waals surface area contributed by atoms with E-state index in [1.165, 1.54) is 49.9 Å². The maximum Gasteiger partial charge on any atom is 0.123 e. The van der Waals surface area contributed by atoms with Crippen LogP contribution in [0, 0.1) is 5.92 Å². The molecule has 22 heavy (non-hydrogen) atoms. The Balaban J connectivity index is 1.88. The predicted octanol–water partition coefficient (Wildman–Crippen LogP) is 3.82. The van der Waals surface area contributed by atoms with Crippen molar-refractivity contribution in [2.24, 2.45) is 5.92 Å². The second-order valence-corrected chi connectivity index (χ2v) is 6.84. The smallest absolute Gasteiger partial charge is 0.123 e. The van der Waals surface area contributed by atoms with Gasteiger partial charge in [-0.3, -0.25) is 4.90 Å². The maximum absolute atomic E-state index is 5.59. The number of methoxy groups -OCH3 is 1. The summed E-state index contributed by atoms with van der Waals surface area (Å²) in [6.07, 6.45) is 5.29. The van der Waals surface area contributed by atoms with Gasteiger partial charge in [0.05, 0.1) is 7.11 Å². The number of nitrogens with zero attached hydrogens (tertiary/aromatic N) is 1. The van der Waals surface area contributed by atoms with Gasteiger partial charge in [0.1, 0.15) is 5.75 Å². The van der Waals surface area contributed by atoms with Gasteiger partial charge in [0.2, 0.25) is 0 Å². The van der Waals surface area contributed by atoms with Gasteiger partial charge < -0.3 is 10.1 Å². The molecule has 1 aliphatic rings. The van der Waals surface area contributed by atoms with Crippen molar-refractivity contribution in [3.63, 3.8) is 0 Å². The van der Waals surface area contributed by atoms with E-state index in [9.17, 15) is 0 Å². The second-order valence-electron chi connectivity index (χ2n) is 6.84. The Labute approximate surface area is 136 Å². The molecule has 0 saturated carbocycles. The second kappa shape index (κ2) is 9.16. The molecule has 3 heteroatoms. The van der Waals surface area contributed by atoms with Crippen LogP contribution in [0.2, 0.25) is 0 Å². The van der Waals surface area contributed by atoms with Crippen molar-refractivity contribution in [2.45, 2.75) is 52.6 Å². The van der Waals surface area contributed by atoms with Gasteiger partial charge in [-0.1, -0.05) is 32.4 Å². The van der Waals surface area contributed by atoms with Crippen LogP contribution in [-0.4, -0.2) is 31.6 Å². The summed E-state index contributed by atoms with van der Waals surface area (Å²) in [4.78, 5) is 2.55. The van der Waals surface area contributed by atoms with E-state index in [2.05, 4.69) is 42.3 Å². The van der Waals surface area contributed by atoms with Crippen LogP contribution in [-0.2, 0) is 13.1 Å². The number of hydrogen-bond acceptors (Lipinski definition) is 3. The molecule has 0 unspecified atom stereocenters. The lowest BCUT2D eigenvalue weighted by Gasteiger charge is -2.26. The molecule has 3 nitrogen and oxygen atoms in total. The van der Waals surface area contributed by atoms with E-state index in [1.54, 1.807) is 7.11 Å². The highest BCUT2D eigenvalue weighted by molar-refractivity contribution is 5.37. The fourth-order valence-corrected chi connectivity index (χ4v) is 3.02. The van der Waals surface area contributed by atoms with Crippen molar-refractivity contribution < 1.29 is 4.74 Å². The lowest BCUT2D eigenvalue weighted by Crippen LogP contribution is -2.29. The van der Waals surface area contributed by atoms with Gasteiger partial charge in [0, 0.05) is 18.7 Å². The fraction of sp³-hybridized carbons (Fsp3) is 0.684. The molecule has 0 bridgehead atoms. The van der Waals surface area contributed by atoms with Crippen LogP contribution in [0.25, 0.3) is 0 Å². The van der Waals surface area contributed by atoms with Crippen molar-refractivity contribution >= 4 is 0 Å². The number of rotatable bonds is 8. The monoisotopic (exact) mass is 304 g/mol. The molecule has 0 atom stereocenters. The molecule has 1 saturated heterocycles. The Hall–Kier alpha value is -1.06. The zero-order chi connectivity index (χ0) is 15.8. The third-order valence-electron chi connectivity index (χ3n) is 4.42. The third kappa shape index (κ3) is 5.62. The minimum atomic E-state index is 0.751. The Kier molecular flexibility index (Phi) is 7.20. The predicted molar refractivity (Wildman–Crippen MR) is 93.3 cm³/mol. The summed E-state index contributed by atoms with van der Waals surface area (Å²) in [6, 6.07) is 6.70. The lowest BCUT2D eigenvalue weighted by atomic mass is 10.1. The Morgan fingerprint density at radius 2 is 1.95 bits per heavy atom. The van der Waals surface area contributed by atoms with Crippen LogP contribution < -0.4 is 10.1 Å². The van der Waals surface area contributed by atoms with Crippen LogP contribution in [0.15, 0.2) is 18.2 Å². The number of ether oxygens (including phenoxy) is 1. The molecule has 0 spiro atoms. The molecule has 0 aromatic heterocycles. The Bertz CT molecular complexity index is 439. The van der Waals surface area contributed by atoms with Gasteiger partial charge in [0.25, 0.3) is 0 Å². The summed E-state index contributed by atoms with van der Waals surface area (Å²) in [5, 5.41) is 3.52. The maximum atomic E-state index is 5.59. The van der Waals surface area contributed by atoms with Crippen molar-refractivity contribution in [3.8, 4) is 5.75 Å². The van der Waals surface area contributed by atoms with Crippen molar-refractivity contribution in [3.05, 3.63) is 29.3 Å². The van der Waals surface area contributed by atoms with Crippen LogP contribution in [0.1, 0.15) is 50.7 Å². The SMILES string of the molecule is COc1cc(CN2CCCCC2)ccc1CNCCC(C)C. The first kappa shape index (κ1) is 17.3. The van der Waals surface area contributed by atoms with E-state index in [0.29, 0.717) is 0 Å². The van der Waals surface area contributed by atoms with Gasteiger partial charge in [0.15, 0.2) is 0 Å². The van der Waals surface area contributed by atoms with E-state index in [0.717, 1.165) is 31.3 Å². The Morgan fingerprint density at radius 1 is 1.18 bits per heavy atom. The molecule has 1 heterocycles. The first-order chi connectivity index (χ1) is 10.7. The van der Waals surface area contributed by atoms with Crippen molar-refractivity contribution in [1.29, 1.82) is 0 Å². The standard InChI is InChI=1S/C19H32N2O/c1-16(2)9-10-20-14-18-8-7-17(13-19(18)22-3)15-21-11-5-4-6-12-21/h7-8,13,16,20H,4-6,9-12,14-15H2,1-3H3. The average molecular weight is 304 g/mol. The summed E-state index contributed by atoms with van der Waals surface area (Å²) in [5.41, 5.74) is 2.62. The van der Waals surface area contributed by atoms with E-state index in [1.807, 2.05) is 0 Å². The molecular weight excluding hydrogens is 272 g/mol. The molecule has 1 fully saturated rings. The fourth-order valence-electron chi connectivity index (χ4n) is 3.02. The number of hydrogen-bond donors (Lipinski definition) is 1. The zero-order valence-electron chi connectivity index (χ0n) is 14.5. The van der Waals surface area contributed by atoms with Crippen LogP contribution in [0.4, 0.5) is 0 Å². The third-order valence-corrected chi connectivity index (χ3v) is 4.42. The van der Waals surface area contributed by atoms with E-state index >= 15 is 0 Å². The molecular formula is C19H32N2O. The van der Waals surface area contributed by atoms with E-state index in [-0.39, 0.29) is 0 Å². The summed E-state index contributed by atoms with van der Waals surface area (Å²) in [7, 11) is 1.78. The normalized spacial score (nSPS) is 16.2. The molecule has 124 valence electrons. The van der Waals surface area contributed by atoms with E-state index < -0.39 is 0 Å². The first-order valence-electron chi connectivity index (χ1n) is 8.78. The molecule has 0 amide bonds. The zero-order valence-corrected chi connectivity index (χ0v) is 14.5. The lowest BCUT2D eigenvalue weighted by molar-refractivity contribution is 0.220. The summed E-state index contributed by atoms with van der Waals surface area (Å²) in [5.74, 6) is 1.77. The van der Waals surface area contributed by atoms with Crippen LogP contribution in [0.3, 0.4) is 0 Å². The highest BCUT2D eigenvalue weighted by Crippen LogP contribution is 2.22. The number of nitrogens with one attached hydrogen (secondary N) is 1. The van der Waals surface area contributed by atoms with Crippen molar-refractivity contribution in [2.75, 3.05) is 26.7 Å². The molecule has 0 radical (unpaired) electrons. The molecule has 2 rings (SSSR count). The summed E-state index contributed by atoms with van der Waals surface area (Å²) in [6.45, 7) is 10.0. The largest absolute Gasteiger partial charge is 0.496 e. The highest BCUT2D eigenvalue weighted by atomic mass is 16.5. The number of piperidine rings is 1. The molecule has 1 aliphatic heterocycles. The molecule has 0 aliphatic carbocycles. The minimum absolute atomic E-state index is 0.751. The van der Waals surface area contributed by atoms with Crippen LogP contribution >= 0.6 is 0 Å². The minimum Gasteiger partial charge on any atom is -0.496 e.